The molecule has 0 aromatic carbocycles. The molecule has 2 heterocycles. The molecule has 0 spiro atoms. The smallest absolute Gasteiger partial charge is 0.222 e. The number of halogens is 1. The molecule has 0 saturated carbocycles. The number of aromatic nitrogens is 1. The predicted molar refractivity (Wildman–Crippen MR) is 83.4 cm³/mol. The number of hydrogen-bond acceptors (Lipinski definition) is 6. The van der Waals surface area contributed by atoms with Gasteiger partial charge in [0.1, 0.15) is 0 Å². The van der Waals surface area contributed by atoms with Gasteiger partial charge in [0.15, 0.2) is 10.8 Å². The molecular formula is C13H18ClN3O3S. The number of nitrogens with two attached hydrogens (primary N) is 1. The highest BCUT2D eigenvalue weighted by atomic mass is 35.5. The van der Waals surface area contributed by atoms with Crippen LogP contribution < -0.4 is 11.1 Å². The summed E-state index contributed by atoms with van der Waals surface area (Å²) in [4.78, 5) is 16.1. The van der Waals surface area contributed by atoms with Crippen LogP contribution in [0.15, 0.2) is 28.2 Å². The van der Waals surface area contributed by atoms with Crippen LogP contribution in [0.5, 0.6) is 0 Å². The minimum Gasteiger partial charge on any atom is -0.462 e. The van der Waals surface area contributed by atoms with Gasteiger partial charge in [-0.25, -0.2) is 4.98 Å². The first-order valence-electron chi connectivity index (χ1n) is 6.20. The quantitative estimate of drug-likeness (QED) is 0.807. The number of hydrogen-bond donors (Lipinski definition) is 2. The highest BCUT2D eigenvalue weighted by Crippen LogP contribution is 2.23. The Balaban J connectivity index is 0.00000220. The molecular weight excluding hydrogens is 314 g/mol. The fourth-order valence-corrected chi connectivity index (χ4v) is 2.42. The van der Waals surface area contributed by atoms with Gasteiger partial charge < -0.3 is 20.2 Å². The van der Waals surface area contributed by atoms with Gasteiger partial charge in [0.25, 0.3) is 0 Å². The van der Waals surface area contributed by atoms with Crippen LogP contribution in [0.1, 0.15) is 12.1 Å². The fourth-order valence-electron chi connectivity index (χ4n) is 1.63. The first-order valence-corrected chi connectivity index (χ1v) is 7.08. The molecule has 0 radical (unpaired) electrons. The van der Waals surface area contributed by atoms with Crippen molar-refractivity contribution in [2.45, 2.75) is 19.1 Å². The number of methoxy groups -OCH3 is 1. The van der Waals surface area contributed by atoms with Crippen LogP contribution in [0.25, 0.3) is 10.8 Å². The lowest BCUT2D eigenvalue weighted by atomic mass is 10.2. The molecule has 116 valence electrons. The number of amides is 1. The van der Waals surface area contributed by atoms with Crippen molar-refractivity contribution >= 4 is 29.7 Å². The lowest BCUT2D eigenvalue weighted by molar-refractivity contribution is -0.123. The van der Waals surface area contributed by atoms with Gasteiger partial charge in [-0.3, -0.25) is 4.79 Å². The Morgan fingerprint density at radius 1 is 1.62 bits per heavy atom. The summed E-state index contributed by atoms with van der Waals surface area (Å²) in [6.45, 7) is 0.709. The molecule has 0 saturated heterocycles. The van der Waals surface area contributed by atoms with Crippen molar-refractivity contribution < 1.29 is 13.9 Å². The Morgan fingerprint density at radius 2 is 2.43 bits per heavy atom. The number of thiazole rings is 1. The molecule has 0 aliphatic heterocycles. The van der Waals surface area contributed by atoms with Gasteiger partial charge in [0.2, 0.25) is 5.91 Å². The van der Waals surface area contributed by atoms with Gasteiger partial charge >= 0.3 is 0 Å². The second-order valence-electron chi connectivity index (χ2n) is 4.20. The van der Waals surface area contributed by atoms with E-state index in [2.05, 4.69) is 10.3 Å². The second-order valence-corrected chi connectivity index (χ2v) is 5.05. The summed E-state index contributed by atoms with van der Waals surface area (Å²) in [7, 11) is 1.54. The molecule has 2 aromatic heterocycles. The van der Waals surface area contributed by atoms with E-state index in [0.29, 0.717) is 13.1 Å². The van der Waals surface area contributed by atoms with Gasteiger partial charge in [-0.1, -0.05) is 0 Å². The number of carbonyl (C=O) groups excluding carboxylic acids is 1. The van der Waals surface area contributed by atoms with Crippen molar-refractivity contribution in [2.75, 3.05) is 13.7 Å². The van der Waals surface area contributed by atoms with E-state index in [0.717, 1.165) is 16.5 Å². The van der Waals surface area contributed by atoms with Crippen molar-refractivity contribution in [3.63, 3.8) is 0 Å². The molecule has 21 heavy (non-hydrogen) atoms. The normalized spacial score (nSPS) is 11.7. The zero-order chi connectivity index (χ0) is 14.4. The van der Waals surface area contributed by atoms with E-state index in [1.807, 2.05) is 17.5 Å². The van der Waals surface area contributed by atoms with Crippen LogP contribution in [0.4, 0.5) is 0 Å². The predicted octanol–water partition coefficient (Wildman–Crippen LogP) is 1.80. The summed E-state index contributed by atoms with van der Waals surface area (Å²) >= 11 is 1.48. The van der Waals surface area contributed by atoms with E-state index in [4.69, 9.17) is 14.9 Å². The number of rotatable bonds is 7. The molecule has 0 fully saturated rings. The molecule has 0 aliphatic carbocycles. The summed E-state index contributed by atoms with van der Waals surface area (Å²) < 4.78 is 10.3. The average molecular weight is 332 g/mol. The maximum atomic E-state index is 11.7. The maximum absolute atomic E-state index is 11.7. The van der Waals surface area contributed by atoms with Gasteiger partial charge in [0, 0.05) is 19.0 Å². The van der Waals surface area contributed by atoms with Crippen molar-refractivity contribution in [1.29, 1.82) is 0 Å². The molecule has 2 aromatic rings. The average Bonchev–Trinajstić information content (AvgIpc) is 3.12. The van der Waals surface area contributed by atoms with Crippen molar-refractivity contribution in [3.05, 3.63) is 29.5 Å². The highest BCUT2D eigenvalue weighted by Gasteiger charge is 2.12. The highest BCUT2D eigenvalue weighted by molar-refractivity contribution is 7.13. The van der Waals surface area contributed by atoms with E-state index < -0.39 is 0 Å². The summed E-state index contributed by atoms with van der Waals surface area (Å²) in [5, 5.41) is 5.50. The lowest BCUT2D eigenvalue weighted by Gasteiger charge is -2.11. The molecule has 3 N–H and O–H groups in total. The van der Waals surface area contributed by atoms with Crippen LogP contribution in [-0.4, -0.2) is 30.6 Å². The SMILES string of the molecule is COC(CN)CC(=O)NCc1csc(-c2ccco2)n1.Cl. The van der Waals surface area contributed by atoms with Crippen molar-refractivity contribution in [2.24, 2.45) is 5.73 Å². The molecule has 1 unspecified atom stereocenters. The van der Waals surface area contributed by atoms with Crippen molar-refractivity contribution in [1.82, 2.24) is 10.3 Å². The third-order valence-corrected chi connectivity index (χ3v) is 3.67. The first-order chi connectivity index (χ1) is 9.72. The third-order valence-electron chi connectivity index (χ3n) is 2.76. The Morgan fingerprint density at radius 3 is 3.05 bits per heavy atom. The maximum Gasteiger partial charge on any atom is 0.222 e. The summed E-state index contributed by atoms with van der Waals surface area (Å²) in [6, 6.07) is 3.67. The summed E-state index contributed by atoms with van der Waals surface area (Å²) in [5.41, 5.74) is 6.27. The zero-order valence-corrected chi connectivity index (χ0v) is 13.2. The van der Waals surface area contributed by atoms with Crippen LogP contribution in [-0.2, 0) is 16.1 Å². The van der Waals surface area contributed by atoms with Gasteiger partial charge in [-0.15, -0.1) is 23.7 Å². The van der Waals surface area contributed by atoms with Gasteiger partial charge in [-0.2, -0.15) is 0 Å². The molecule has 0 aliphatic rings. The summed E-state index contributed by atoms with van der Waals surface area (Å²) in [6.07, 6.45) is 1.61. The third kappa shape index (κ3) is 5.13. The number of nitrogens with one attached hydrogen (secondary N) is 1. The van der Waals surface area contributed by atoms with Crippen molar-refractivity contribution in [3.8, 4) is 10.8 Å². The second kappa shape index (κ2) is 8.78. The fraction of sp³-hybridized carbons (Fsp3) is 0.385. The Labute approximate surface area is 133 Å². The van der Waals surface area contributed by atoms with Crippen LogP contribution >= 0.6 is 23.7 Å². The first kappa shape index (κ1) is 17.6. The van der Waals surface area contributed by atoms with Crippen LogP contribution in [0.3, 0.4) is 0 Å². The van der Waals surface area contributed by atoms with E-state index in [-0.39, 0.29) is 30.8 Å². The Hall–Kier alpha value is -1.41. The van der Waals surface area contributed by atoms with Gasteiger partial charge in [-0.05, 0) is 12.1 Å². The number of furan rings is 1. The number of carbonyl (C=O) groups is 1. The van der Waals surface area contributed by atoms with Gasteiger partial charge in [0.05, 0.1) is 31.0 Å². The van der Waals surface area contributed by atoms with E-state index in [1.165, 1.54) is 11.3 Å². The number of nitrogens with zero attached hydrogens (tertiary/aromatic N) is 1. The van der Waals surface area contributed by atoms with Crippen LogP contribution in [0.2, 0.25) is 0 Å². The molecule has 0 bridgehead atoms. The molecule has 1 amide bonds. The van der Waals surface area contributed by atoms with E-state index >= 15 is 0 Å². The Kier molecular flexibility index (Phi) is 7.38. The van der Waals surface area contributed by atoms with Crippen LogP contribution in [0, 0.1) is 0 Å². The minimum atomic E-state index is -0.246. The molecule has 1 atom stereocenters. The Bertz CT molecular complexity index is 541. The number of ether oxygens (including phenoxy) is 1. The van der Waals surface area contributed by atoms with E-state index in [9.17, 15) is 4.79 Å². The standard InChI is InChI=1S/C13H17N3O3S.ClH/c1-18-10(6-14)5-12(17)15-7-9-8-20-13(16-9)11-3-2-4-19-11;/h2-4,8,10H,5-7,14H2,1H3,(H,15,17);1H. The largest absolute Gasteiger partial charge is 0.462 e. The zero-order valence-electron chi connectivity index (χ0n) is 11.6. The minimum absolute atomic E-state index is 0. The lowest BCUT2D eigenvalue weighted by Crippen LogP contribution is -2.31. The topological polar surface area (TPSA) is 90.4 Å². The summed E-state index contributed by atoms with van der Waals surface area (Å²) in [5.74, 6) is 0.630. The molecule has 2 rings (SSSR count). The monoisotopic (exact) mass is 331 g/mol. The molecule has 8 heteroatoms. The molecule has 6 nitrogen and oxygen atoms in total. The van der Waals surface area contributed by atoms with E-state index in [1.54, 1.807) is 13.4 Å².